The highest BCUT2D eigenvalue weighted by Gasteiger charge is 2.22. The van der Waals surface area contributed by atoms with Crippen LogP contribution in [0, 0.1) is 0 Å². The molecule has 1 atom stereocenters. The zero-order chi connectivity index (χ0) is 18.7. The minimum absolute atomic E-state index is 0.0175. The van der Waals surface area contributed by atoms with E-state index in [-0.39, 0.29) is 32.7 Å². The summed E-state index contributed by atoms with van der Waals surface area (Å²) >= 11 is -2.33. The van der Waals surface area contributed by atoms with Crippen molar-refractivity contribution in [1.82, 2.24) is 4.72 Å². The van der Waals surface area contributed by atoms with Crippen molar-refractivity contribution in [1.29, 1.82) is 0 Å². The highest BCUT2D eigenvalue weighted by molar-refractivity contribution is 7.91. The van der Waals surface area contributed by atoms with Gasteiger partial charge in [-0.2, -0.15) is 0 Å². The average molecular weight is 404 g/mol. The molecular formula is C14H16N2O6S3. The standard InChI is InChI=1S/C14H16N2O6S3/c15-7-8-16-25(21,22)14-6-2-5-13(10-14)24(19,20)12-4-1-3-11(9-12)23(17)18/h1-6,9-10,16H,7-8,15H2,(H,17,18). The van der Waals surface area contributed by atoms with E-state index in [0.29, 0.717) is 0 Å². The largest absolute Gasteiger partial charge is 0.329 e. The molecule has 8 nitrogen and oxygen atoms in total. The second-order valence-corrected chi connectivity index (χ2v) is 9.58. The van der Waals surface area contributed by atoms with Crippen LogP contribution in [0.5, 0.6) is 0 Å². The van der Waals surface area contributed by atoms with Gasteiger partial charge in [0.05, 0.1) is 19.6 Å². The molecule has 0 saturated heterocycles. The maximum Gasteiger partial charge on any atom is 0.240 e. The molecule has 2 aromatic rings. The second-order valence-electron chi connectivity index (χ2n) is 4.89. The van der Waals surface area contributed by atoms with Gasteiger partial charge in [-0.1, -0.05) is 12.1 Å². The predicted octanol–water partition coefficient (Wildman–Crippen LogP) is 0.337. The van der Waals surface area contributed by atoms with Gasteiger partial charge in [-0.15, -0.1) is 0 Å². The van der Waals surface area contributed by atoms with Crippen LogP contribution >= 0.6 is 0 Å². The molecule has 0 saturated carbocycles. The molecule has 0 aliphatic rings. The third-order valence-electron chi connectivity index (χ3n) is 3.18. The Balaban J connectivity index is 2.49. The zero-order valence-electron chi connectivity index (χ0n) is 12.8. The minimum atomic E-state index is -4.06. The van der Waals surface area contributed by atoms with E-state index in [1.807, 2.05) is 0 Å². The Labute approximate surface area is 148 Å². The monoisotopic (exact) mass is 404 g/mol. The molecule has 136 valence electrons. The van der Waals surface area contributed by atoms with E-state index in [9.17, 15) is 21.0 Å². The van der Waals surface area contributed by atoms with Gasteiger partial charge in [0.25, 0.3) is 0 Å². The van der Waals surface area contributed by atoms with Gasteiger partial charge in [0.15, 0.2) is 11.1 Å². The van der Waals surface area contributed by atoms with E-state index < -0.39 is 30.9 Å². The van der Waals surface area contributed by atoms with Crippen LogP contribution in [0.3, 0.4) is 0 Å². The van der Waals surface area contributed by atoms with Crippen molar-refractivity contribution < 1.29 is 25.6 Å². The summed E-state index contributed by atoms with van der Waals surface area (Å²) in [7, 11) is -7.95. The van der Waals surface area contributed by atoms with Crippen LogP contribution in [0.25, 0.3) is 0 Å². The van der Waals surface area contributed by atoms with Gasteiger partial charge in [-0.05, 0) is 36.4 Å². The van der Waals surface area contributed by atoms with Crippen molar-refractivity contribution >= 4 is 30.9 Å². The maximum absolute atomic E-state index is 12.7. The number of nitrogens with two attached hydrogens (primary N) is 1. The lowest BCUT2D eigenvalue weighted by Gasteiger charge is -2.09. The first kappa shape index (κ1) is 19.7. The molecule has 11 heteroatoms. The summed E-state index contributed by atoms with van der Waals surface area (Å²) in [6.07, 6.45) is 0. The summed E-state index contributed by atoms with van der Waals surface area (Å²) in [5.41, 5.74) is 5.26. The molecule has 0 bridgehead atoms. The van der Waals surface area contributed by atoms with E-state index in [2.05, 4.69) is 4.72 Å². The minimum Gasteiger partial charge on any atom is -0.329 e. The third kappa shape index (κ3) is 4.51. The van der Waals surface area contributed by atoms with Gasteiger partial charge in [-0.3, -0.25) is 0 Å². The topological polar surface area (TPSA) is 144 Å². The lowest BCUT2D eigenvalue weighted by molar-refractivity contribution is 0.564. The normalized spacial score (nSPS) is 13.5. The highest BCUT2D eigenvalue weighted by Crippen LogP contribution is 2.24. The number of sulfonamides is 1. The molecule has 0 aliphatic heterocycles. The van der Waals surface area contributed by atoms with E-state index in [1.54, 1.807) is 0 Å². The van der Waals surface area contributed by atoms with E-state index in [0.717, 1.165) is 12.1 Å². The fourth-order valence-electron chi connectivity index (χ4n) is 1.97. The Hall–Kier alpha value is -1.63. The number of hydrogen-bond acceptors (Lipinski definition) is 6. The fourth-order valence-corrected chi connectivity index (χ4v) is 4.99. The summed E-state index contributed by atoms with van der Waals surface area (Å²) in [6, 6.07) is 9.82. The maximum atomic E-state index is 12.7. The van der Waals surface area contributed by atoms with Crippen LogP contribution in [0.2, 0.25) is 0 Å². The summed E-state index contributed by atoms with van der Waals surface area (Å²) < 4.78 is 72.1. The Morgan fingerprint density at radius 3 is 2.12 bits per heavy atom. The van der Waals surface area contributed by atoms with E-state index >= 15 is 0 Å². The molecule has 0 amide bonds. The van der Waals surface area contributed by atoms with Crippen molar-refractivity contribution in [2.75, 3.05) is 13.1 Å². The highest BCUT2D eigenvalue weighted by atomic mass is 32.2. The Morgan fingerprint density at radius 1 is 0.960 bits per heavy atom. The van der Waals surface area contributed by atoms with Crippen LogP contribution in [-0.4, -0.2) is 38.7 Å². The SMILES string of the molecule is NCCNS(=O)(=O)c1cccc(S(=O)(=O)c2cccc(S(=O)O)c2)c1. The van der Waals surface area contributed by atoms with Crippen LogP contribution in [0.15, 0.2) is 68.1 Å². The van der Waals surface area contributed by atoms with Crippen LogP contribution in [0.1, 0.15) is 0 Å². The molecule has 0 aliphatic carbocycles. The van der Waals surface area contributed by atoms with Crippen LogP contribution in [0.4, 0.5) is 0 Å². The molecule has 4 N–H and O–H groups in total. The molecule has 2 rings (SSSR count). The number of nitrogens with one attached hydrogen (secondary N) is 1. The number of sulfone groups is 1. The van der Waals surface area contributed by atoms with E-state index in [1.165, 1.54) is 36.4 Å². The van der Waals surface area contributed by atoms with Gasteiger partial charge in [0.1, 0.15) is 0 Å². The predicted molar refractivity (Wildman–Crippen MR) is 91.6 cm³/mol. The molecule has 0 radical (unpaired) electrons. The Morgan fingerprint density at radius 2 is 1.52 bits per heavy atom. The first-order chi connectivity index (χ1) is 11.7. The smallest absolute Gasteiger partial charge is 0.240 e. The summed E-state index contributed by atoms with van der Waals surface area (Å²) in [5, 5.41) is 0. The van der Waals surface area contributed by atoms with Crippen molar-refractivity contribution in [2.24, 2.45) is 5.73 Å². The molecule has 1 unspecified atom stereocenters. The lowest BCUT2D eigenvalue weighted by atomic mass is 10.4. The fraction of sp³-hybridized carbons (Fsp3) is 0.143. The number of hydrogen-bond donors (Lipinski definition) is 3. The first-order valence-corrected chi connectivity index (χ1v) is 11.0. The number of rotatable bonds is 7. The molecule has 0 heterocycles. The van der Waals surface area contributed by atoms with Crippen molar-refractivity contribution in [2.45, 2.75) is 19.6 Å². The molecular weight excluding hydrogens is 388 g/mol. The molecule has 0 aromatic heterocycles. The zero-order valence-corrected chi connectivity index (χ0v) is 15.3. The third-order valence-corrected chi connectivity index (χ3v) is 7.04. The van der Waals surface area contributed by atoms with Crippen molar-refractivity contribution in [3.05, 3.63) is 48.5 Å². The van der Waals surface area contributed by atoms with Gasteiger partial charge < -0.3 is 10.3 Å². The van der Waals surface area contributed by atoms with Crippen LogP contribution < -0.4 is 10.5 Å². The second kappa shape index (κ2) is 7.72. The summed E-state index contributed by atoms with van der Waals surface area (Å²) in [6.45, 7) is 0.117. The Kier molecular flexibility index (Phi) is 6.08. The average Bonchev–Trinajstić information content (AvgIpc) is 2.60. The van der Waals surface area contributed by atoms with Crippen molar-refractivity contribution in [3.8, 4) is 0 Å². The van der Waals surface area contributed by atoms with Crippen molar-refractivity contribution in [3.63, 3.8) is 0 Å². The number of benzene rings is 2. The Bertz CT molecular complexity index is 1000. The molecule has 0 spiro atoms. The van der Waals surface area contributed by atoms with E-state index in [4.69, 9.17) is 10.3 Å². The van der Waals surface area contributed by atoms with Gasteiger partial charge in [-0.25, -0.2) is 25.8 Å². The molecule has 25 heavy (non-hydrogen) atoms. The molecule has 0 fully saturated rings. The first-order valence-electron chi connectivity index (χ1n) is 6.94. The summed E-state index contributed by atoms with van der Waals surface area (Å²) in [4.78, 5) is -0.751. The van der Waals surface area contributed by atoms with Crippen LogP contribution in [-0.2, 0) is 30.9 Å². The van der Waals surface area contributed by atoms with Gasteiger partial charge in [0, 0.05) is 13.1 Å². The summed E-state index contributed by atoms with van der Waals surface area (Å²) in [5.74, 6) is 0. The van der Waals surface area contributed by atoms with Gasteiger partial charge in [0.2, 0.25) is 19.9 Å². The molecule has 2 aromatic carbocycles. The lowest BCUT2D eigenvalue weighted by Crippen LogP contribution is -2.29. The van der Waals surface area contributed by atoms with Gasteiger partial charge >= 0.3 is 0 Å². The quantitative estimate of drug-likeness (QED) is 0.564.